The zero-order valence-corrected chi connectivity index (χ0v) is 11.8. The minimum Gasteiger partial charge on any atom is -0.444 e. The van der Waals surface area contributed by atoms with E-state index in [-0.39, 0.29) is 12.4 Å². The first-order chi connectivity index (χ1) is 10.2. The lowest BCUT2D eigenvalue weighted by molar-refractivity contribution is 0.126. The smallest absolute Gasteiger partial charge is 0.226 e. The van der Waals surface area contributed by atoms with Crippen molar-refractivity contribution in [2.45, 2.75) is 19.4 Å². The molecule has 1 aromatic carbocycles. The van der Waals surface area contributed by atoms with Gasteiger partial charge in [-0.3, -0.25) is 4.90 Å². The highest BCUT2D eigenvalue weighted by atomic mass is 19.1. The fraction of sp³-hybridized carbons (Fsp3) is 0.438. The maximum absolute atomic E-state index is 12.9. The molecule has 112 valence electrons. The van der Waals surface area contributed by atoms with Gasteiger partial charge >= 0.3 is 0 Å². The topological polar surface area (TPSA) is 49.5 Å². The van der Waals surface area contributed by atoms with Crippen molar-refractivity contribution >= 4 is 0 Å². The maximum Gasteiger partial charge on any atom is 0.226 e. The van der Waals surface area contributed by atoms with Crippen molar-refractivity contribution in [1.29, 1.82) is 0 Å². The summed E-state index contributed by atoms with van der Waals surface area (Å²) in [7, 11) is 0. The Kier molecular flexibility index (Phi) is 4.31. The van der Waals surface area contributed by atoms with Gasteiger partial charge in [-0.1, -0.05) is 0 Å². The molecule has 1 aliphatic rings. The van der Waals surface area contributed by atoms with E-state index in [1.807, 2.05) is 0 Å². The lowest BCUT2D eigenvalue weighted by Crippen LogP contribution is -2.34. The molecule has 3 rings (SSSR count). The number of aliphatic hydroxyl groups excluding tert-OH is 1. The first-order valence-electron chi connectivity index (χ1n) is 7.28. The lowest BCUT2D eigenvalue weighted by atomic mass is 9.98. The summed E-state index contributed by atoms with van der Waals surface area (Å²) in [5, 5.41) is 9.14. The van der Waals surface area contributed by atoms with Gasteiger partial charge in [0, 0.05) is 18.7 Å². The molecule has 2 aromatic rings. The van der Waals surface area contributed by atoms with E-state index in [1.165, 1.54) is 12.1 Å². The standard InChI is InChI=1S/C16H19FN2O2/c17-14-3-1-13(2-4-14)16-18-15(11-21-16)9-19-7-5-12(10-20)6-8-19/h1-4,11-12,20H,5-10H2. The molecule has 0 atom stereocenters. The fourth-order valence-corrected chi connectivity index (χ4v) is 2.66. The van der Waals surface area contributed by atoms with Crippen LogP contribution in [0, 0.1) is 11.7 Å². The molecule has 21 heavy (non-hydrogen) atoms. The number of likely N-dealkylation sites (tertiary alicyclic amines) is 1. The second kappa shape index (κ2) is 6.37. The Labute approximate surface area is 123 Å². The molecule has 0 amide bonds. The molecule has 0 spiro atoms. The molecule has 0 radical (unpaired) electrons. The van der Waals surface area contributed by atoms with Crippen LogP contribution in [0.5, 0.6) is 0 Å². The number of hydrogen-bond donors (Lipinski definition) is 1. The molecule has 1 N–H and O–H groups in total. The molecule has 2 heterocycles. The molecule has 1 aromatic heterocycles. The first-order valence-corrected chi connectivity index (χ1v) is 7.28. The van der Waals surface area contributed by atoms with Crippen molar-refractivity contribution in [1.82, 2.24) is 9.88 Å². The second-order valence-electron chi connectivity index (χ2n) is 5.55. The Hall–Kier alpha value is -1.72. The van der Waals surface area contributed by atoms with E-state index >= 15 is 0 Å². The van der Waals surface area contributed by atoms with Crippen molar-refractivity contribution in [2.24, 2.45) is 5.92 Å². The Morgan fingerprint density at radius 3 is 2.62 bits per heavy atom. The highest BCUT2D eigenvalue weighted by molar-refractivity contribution is 5.52. The number of halogens is 1. The number of aliphatic hydroxyl groups is 1. The maximum atomic E-state index is 12.9. The summed E-state index contributed by atoms with van der Waals surface area (Å²) in [6.45, 7) is 2.99. The summed E-state index contributed by atoms with van der Waals surface area (Å²) in [6, 6.07) is 6.13. The first kappa shape index (κ1) is 14.2. The Bertz CT molecular complexity index is 574. The average molecular weight is 290 g/mol. The third-order valence-corrected chi connectivity index (χ3v) is 3.99. The summed E-state index contributed by atoms with van der Waals surface area (Å²) in [6.07, 6.45) is 3.72. The predicted molar refractivity (Wildman–Crippen MR) is 77.0 cm³/mol. The zero-order valence-electron chi connectivity index (χ0n) is 11.8. The number of aromatic nitrogens is 1. The summed E-state index contributed by atoms with van der Waals surface area (Å²) in [4.78, 5) is 6.78. The Morgan fingerprint density at radius 1 is 1.24 bits per heavy atom. The molecule has 1 aliphatic heterocycles. The Balaban J connectivity index is 1.62. The minimum atomic E-state index is -0.266. The minimum absolute atomic E-state index is 0.266. The molecule has 0 bridgehead atoms. The summed E-state index contributed by atoms with van der Waals surface area (Å²) in [5.41, 5.74) is 1.67. The molecule has 1 saturated heterocycles. The van der Waals surface area contributed by atoms with E-state index in [9.17, 15) is 4.39 Å². The van der Waals surface area contributed by atoms with Crippen LogP contribution in [0.15, 0.2) is 34.9 Å². The van der Waals surface area contributed by atoms with Crippen LogP contribution in [0.3, 0.4) is 0 Å². The van der Waals surface area contributed by atoms with Crippen LogP contribution in [0.4, 0.5) is 4.39 Å². The SMILES string of the molecule is OCC1CCN(Cc2coc(-c3ccc(F)cc3)n2)CC1. The zero-order chi connectivity index (χ0) is 14.7. The van der Waals surface area contributed by atoms with Crippen molar-refractivity contribution in [2.75, 3.05) is 19.7 Å². The molecule has 4 nitrogen and oxygen atoms in total. The normalized spacial score (nSPS) is 17.2. The van der Waals surface area contributed by atoms with Crippen LogP contribution in [0.25, 0.3) is 11.5 Å². The van der Waals surface area contributed by atoms with Gasteiger partial charge < -0.3 is 9.52 Å². The van der Waals surface area contributed by atoms with E-state index < -0.39 is 0 Å². The van der Waals surface area contributed by atoms with Crippen LogP contribution in [0.2, 0.25) is 0 Å². The number of benzene rings is 1. The Morgan fingerprint density at radius 2 is 1.95 bits per heavy atom. The van der Waals surface area contributed by atoms with E-state index in [0.29, 0.717) is 11.8 Å². The van der Waals surface area contributed by atoms with E-state index in [0.717, 1.165) is 43.7 Å². The third kappa shape index (κ3) is 3.49. The van der Waals surface area contributed by atoms with Gasteiger partial charge in [0.25, 0.3) is 0 Å². The molecule has 5 heteroatoms. The summed E-state index contributed by atoms with van der Waals surface area (Å²) in [5.74, 6) is 0.695. The highest BCUT2D eigenvalue weighted by Gasteiger charge is 2.19. The van der Waals surface area contributed by atoms with E-state index in [1.54, 1.807) is 18.4 Å². The van der Waals surface area contributed by atoms with Crippen LogP contribution in [-0.2, 0) is 6.54 Å². The second-order valence-corrected chi connectivity index (χ2v) is 5.55. The van der Waals surface area contributed by atoms with Gasteiger partial charge in [-0.25, -0.2) is 9.37 Å². The van der Waals surface area contributed by atoms with Crippen LogP contribution < -0.4 is 0 Å². The van der Waals surface area contributed by atoms with E-state index in [4.69, 9.17) is 9.52 Å². The number of hydrogen-bond acceptors (Lipinski definition) is 4. The van der Waals surface area contributed by atoms with Crippen LogP contribution >= 0.6 is 0 Å². The van der Waals surface area contributed by atoms with Crippen molar-refractivity contribution in [3.63, 3.8) is 0 Å². The van der Waals surface area contributed by atoms with Gasteiger partial charge in [-0.05, 0) is 56.1 Å². The molecule has 0 saturated carbocycles. The molecular formula is C16H19FN2O2. The molecule has 1 fully saturated rings. The molecular weight excluding hydrogens is 271 g/mol. The number of piperidine rings is 1. The van der Waals surface area contributed by atoms with Crippen LogP contribution in [0.1, 0.15) is 18.5 Å². The molecule has 0 unspecified atom stereocenters. The monoisotopic (exact) mass is 290 g/mol. The number of oxazole rings is 1. The fourth-order valence-electron chi connectivity index (χ4n) is 2.66. The van der Waals surface area contributed by atoms with Gasteiger partial charge in [-0.2, -0.15) is 0 Å². The summed E-state index contributed by atoms with van der Waals surface area (Å²) >= 11 is 0. The molecule has 0 aliphatic carbocycles. The van der Waals surface area contributed by atoms with Gasteiger partial charge in [0.05, 0.1) is 5.69 Å². The van der Waals surface area contributed by atoms with Gasteiger partial charge in [0.15, 0.2) is 0 Å². The quantitative estimate of drug-likeness (QED) is 0.940. The van der Waals surface area contributed by atoms with E-state index in [2.05, 4.69) is 9.88 Å². The predicted octanol–water partition coefficient (Wildman–Crippen LogP) is 2.69. The third-order valence-electron chi connectivity index (χ3n) is 3.99. The van der Waals surface area contributed by atoms with Gasteiger partial charge in [0.2, 0.25) is 5.89 Å². The highest BCUT2D eigenvalue weighted by Crippen LogP contribution is 2.21. The van der Waals surface area contributed by atoms with Crippen LogP contribution in [-0.4, -0.2) is 34.7 Å². The van der Waals surface area contributed by atoms with Crippen molar-refractivity contribution in [3.8, 4) is 11.5 Å². The van der Waals surface area contributed by atoms with Crippen molar-refractivity contribution in [3.05, 3.63) is 42.0 Å². The average Bonchev–Trinajstić information content (AvgIpc) is 2.97. The largest absolute Gasteiger partial charge is 0.444 e. The number of rotatable bonds is 4. The van der Waals surface area contributed by atoms with Gasteiger partial charge in [0.1, 0.15) is 12.1 Å². The summed E-state index contributed by atoms with van der Waals surface area (Å²) < 4.78 is 18.4. The number of nitrogens with zero attached hydrogens (tertiary/aromatic N) is 2. The van der Waals surface area contributed by atoms with Crippen molar-refractivity contribution < 1.29 is 13.9 Å². The lowest BCUT2D eigenvalue weighted by Gasteiger charge is -2.30. The van der Waals surface area contributed by atoms with Gasteiger partial charge in [-0.15, -0.1) is 0 Å².